The molecule has 100 valence electrons. The summed E-state index contributed by atoms with van der Waals surface area (Å²) < 4.78 is 5.20. The highest BCUT2D eigenvalue weighted by molar-refractivity contribution is 5.32. The summed E-state index contributed by atoms with van der Waals surface area (Å²) in [5, 5.41) is 10.6. The first-order valence-electron chi connectivity index (χ1n) is 6.53. The maximum atomic E-state index is 10.6. The molecule has 1 atom stereocenters. The molecular weight excluding hydrogens is 236 g/mol. The second-order valence-corrected chi connectivity index (χ2v) is 4.99. The Balaban J connectivity index is 2.09. The lowest BCUT2D eigenvalue weighted by atomic mass is 9.89. The van der Waals surface area contributed by atoms with Crippen molar-refractivity contribution >= 4 is 0 Å². The van der Waals surface area contributed by atoms with Crippen LogP contribution in [0.5, 0.6) is 5.75 Å². The van der Waals surface area contributed by atoms with Gasteiger partial charge in [-0.2, -0.15) is 0 Å². The molecule has 0 saturated heterocycles. The molecule has 0 aliphatic heterocycles. The molecule has 2 aromatic carbocycles. The van der Waals surface area contributed by atoms with Crippen molar-refractivity contribution in [2.24, 2.45) is 0 Å². The van der Waals surface area contributed by atoms with Gasteiger partial charge in [0.15, 0.2) is 0 Å². The normalized spacial score (nSPS) is 13.8. The van der Waals surface area contributed by atoms with E-state index in [4.69, 9.17) is 4.74 Å². The first-order chi connectivity index (χ1) is 9.12. The van der Waals surface area contributed by atoms with Crippen molar-refractivity contribution in [1.82, 2.24) is 0 Å². The molecule has 0 aliphatic rings. The van der Waals surface area contributed by atoms with Gasteiger partial charge in [0.2, 0.25) is 0 Å². The topological polar surface area (TPSA) is 29.5 Å². The van der Waals surface area contributed by atoms with Crippen molar-refractivity contribution < 1.29 is 9.84 Å². The number of aryl methyl sites for hydroxylation is 1. The molecule has 2 aromatic rings. The minimum atomic E-state index is -0.843. The van der Waals surface area contributed by atoms with Crippen molar-refractivity contribution in [2.75, 3.05) is 7.11 Å². The summed E-state index contributed by atoms with van der Waals surface area (Å²) in [7, 11) is 1.64. The van der Waals surface area contributed by atoms with E-state index in [0.29, 0.717) is 6.42 Å². The zero-order valence-electron chi connectivity index (χ0n) is 11.5. The minimum Gasteiger partial charge on any atom is -0.497 e. The van der Waals surface area contributed by atoms with Crippen molar-refractivity contribution in [3.8, 4) is 5.75 Å². The molecule has 0 fully saturated rings. The van der Waals surface area contributed by atoms with Crippen molar-refractivity contribution in [2.45, 2.75) is 25.4 Å². The van der Waals surface area contributed by atoms with E-state index in [1.165, 1.54) is 5.56 Å². The van der Waals surface area contributed by atoms with Gasteiger partial charge in [0.25, 0.3) is 0 Å². The van der Waals surface area contributed by atoms with Gasteiger partial charge in [0.1, 0.15) is 5.75 Å². The Kier molecular flexibility index (Phi) is 4.23. The molecule has 1 N–H and O–H groups in total. The van der Waals surface area contributed by atoms with Gasteiger partial charge in [0.05, 0.1) is 12.7 Å². The number of hydrogen-bond acceptors (Lipinski definition) is 2. The Hall–Kier alpha value is -1.80. The molecular formula is C17H20O2. The summed E-state index contributed by atoms with van der Waals surface area (Å²) in [5.74, 6) is 0.775. The van der Waals surface area contributed by atoms with Crippen LogP contribution in [0.15, 0.2) is 54.6 Å². The molecule has 0 radical (unpaired) electrons. The predicted molar refractivity (Wildman–Crippen MR) is 77.3 cm³/mol. The fourth-order valence-electron chi connectivity index (χ4n) is 2.13. The van der Waals surface area contributed by atoms with E-state index in [2.05, 4.69) is 12.1 Å². The van der Waals surface area contributed by atoms with Crippen LogP contribution in [-0.4, -0.2) is 12.2 Å². The zero-order valence-corrected chi connectivity index (χ0v) is 11.5. The molecule has 2 nitrogen and oxygen atoms in total. The van der Waals surface area contributed by atoms with E-state index in [0.717, 1.165) is 17.7 Å². The molecule has 2 rings (SSSR count). The first kappa shape index (κ1) is 13.6. The van der Waals surface area contributed by atoms with Crippen LogP contribution in [0, 0.1) is 0 Å². The van der Waals surface area contributed by atoms with E-state index in [-0.39, 0.29) is 0 Å². The molecule has 1 unspecified atom stereocenters. The number of methoxy groups -OCH3 is 1. The SMILES string of the molecule is COc1cccc(C(C)(O)CCc2ccccc2)c1. The third kappa shape index (κ3) is 3.58. The fourth-order valence-corrected chi connectivity index (χ4v) is 2.13. The van der Waals surface area contributed by atoms with Crippen LogP contribution >= 0.6 is 0 Å². The summed E-state index contributed by atoms with van der Waals surface area (Å²) in [6.07, 6.45) is 1.54. The van der Waals surface area contributed by atoms with Gasteiger partial charge in [-0.05, 0) is 43.0 Å². The van der Waals surface area contributed by atoms with Crippen LogP contribution in [0.3, 0.4) is 0 Å². The Bertz CT molecular complexity index is 518. The summed E-state index contributed by atoms with van der Waals surface area (Å²) >= 11 is 0. The van der Waals surface area contributed by atoms with Crippen molar-refractivity contribution in [1.29, 1.82) is 0 Å². The standard InChI is InChI=1S/C17H20O2/c1-17(18,12-11-14-7-4-3-5-8-14)15-9-6-10-16(13-15)19-2/h3-10,13,18H,11-12H2,1-2H3. The highest BCUT2D eigenvalue weighted by atomic mass is 16.5. The van der Waals surface area contributed by atoms with Gasteiger partial charge >= 0.3 is 0 Å². The van der Waals surface area contributed by atoms with Crippen molar-refractivity contribution in [3.05, 3.63) is 65.7 Å². The monoisotopic (exact) mass is 256 g/mol. The lowest BCUT2D eigenvalue weighted by molar-refractivity contribution is 0.0478. The third-order valence-corrected chi connectivity index (χ3v) is 3.43. The number of hydrogen-bond donors (Lipinski definition) is 1. The maximum Gasteiger partial charge on any atom is 0.119 e. The van der Waals surface area contributed by atoms with Crippen LogP contribution in [0.4, 0.5) is 0 Å². The van der Waals surface area contributed by atoms with Gasteiger partial charge in [-0.25, -0.2) is 0 Å². The summed E-state index contributed by atoms with van der Waals surface area (Å²) in [6.45, 7) is 1.85. The van der Waals surface area contributed by atoms with E-state index >= 15 is 0 Å². The summed E-state index contributed by atoms with van der Waals surface area (Å²) in [5.41, 5.74) is 1.29. The molecule has 2 heteroatoms. The Morgan fingerprint density at radius 3 is 2.47 bits per heavy atom. The molecule has 0 saturated carbocycles. The van der Waals surface area contributed by atoms with Crippen molar-refractivity contribution in [3.63, 3.8) is 0 Å². The van der Waals surface area contributed by atoms with Crippen LogP contribution in [-0.2, 0) is 12.0 Å². The Morgan fingerprint density at radius 2 is 1.79 bits per heavy atom. The first-order valence-corrected chi connectivity index (χ1v) is 6.53. The number of ether oxygens (including phenoxy) is 1. The second kappa shape index (κ2) is 5.89. The van der Waals surface area contributed by atoms with E-state index < -0.39 is 5.60 Å². The Labute approximate surface area is 114 Å². The second-order valence-electron chi connectivity index (χ2n) is 4.99. The van der Waals surface area contributed by atoms with Crippen LogP contribution in [0.2, 0.25) is 0 Å². The third-order valence-electron chi connectivity index (χ3n) is 3.43. The summed E-state index contributed by atoms with van der Waals surface area (Å²) in [4.78, 5) is 0. The molecule has 19 heavy (non-hydrogen) atoms. The van der Waals surface area contributed by atoms with Gasteiger partial charge in [-0.15, -0.1) is 0 Å². The van der Waals surface area contributed by atoms with Gasteiger partial charge in [-0.1, -0.05) is 42.5 Å². The number of aliphatic hydroxyl groups is 1. The maximum absolute atomic E-state index is 10.6. The predicted octanol–water partition coefficient (Wildman–Crippen LogP) is 3.54. The smallest absolute Gasteiger partial charge is 0.119 e. The molecule has 0 spiro atoms. The van der Waals surface area contributed by atoms with Crippen LogP contribution < -0.4 is 4.74 Å². The van der Waals surface area contributed by atoms with Gasteiger partial charge in [-0.3, -0.25) is 0 Å². The molecule has 0 aromatic heterocycles. The number of benzene rings is 2. The largest absolute Gasteiger partial charge is 0.497 e. The molecule has 0 amide bonds. The minimum absolute atomic E-state index is 0.685. The van der Waals surface area contributed by atoms with Gasteiger partial charge < -0.3 is 9.84 Å². The Morgan fingerprint density at radius 1 is 1.05 bits per heavy atom. The number of rotatable bonds is 5. The lowest BCUT2D eigenvalue weighted by Crippen LogP contribution is -2.22. The van der Waals surface area contributed by atoms with E-state index in [1.54, 1.807) is 7.11 Å². The fraction of sp³-hybridized carbons (Fsp3) is 0.294. The highest BCUT2D eigenvalue weighted by Crippen LogP contribution is 2.28. The van der Waals surface area contributed by atoms with Crippen LogP contribution in [0.25, 0.3) is 0 Å². The molecule has 0 heterocycles. The highest BCUT2D eigenvalue weighted by Gasteiger charge is 2.23. The quantitative estimate of drug-likeness (QED) is 0.886. The average molecular weight is 256 g/mol. The van der Waals surface area contributed by atoms with E-state index in [1.807, 2.05) is 49.4 Å². The summed E-state index contributed by atoms with van der Waals surface area (Å²) in [6, 6.07) is 17.8. The van der Waals surface area contributed by atoms with E-state index in [9.17, 15) is 5.11 Å². The lowest BCUT2D eigenvalue weighted by Gasteiger charge is -2.24. The molecule has 0 aliphatic carbocycles. The average Bonchev–Trinajstić information content (AvgIpc) is 2.46. The molecule has 0 bridgehead atoms. The van der Waals surface area contributed by atoms with Crippen LogP contribution in [0.1, 0.15) is 24.5 Å². The zero-order chi connectivity index (χ0) is 13.7. The van der Waals surface area contributed by atoms with Gasteiger partial charge in [0, 0.05) is 0 Å².